The molecule has 2 unspecified atom stereocenters. The second-order valence-electron chi connectivity index (χ2n) is 5.80. The zero-order valence-corrected chi connectivity index (χ0v) is 13.2. The summed E-state index contributed by atoms with van der Waals surface area (Å²) in [6, 6.07) is 0. The summed E-state index contributed by atoms with van der Waals surface area (Å²) < 4.78 is 27.4. The van der Waals surface area contributed by atoms with Crippen molar-refractivity contribution in [1.82, 2.24) is 20.2 Å². The maximum Gasteiger partial charge on any atom is 0.260 e. The first-order valence-electron chi connectivity index (χ1n) is 7.12. The van der Waals surface area contributed by atoms with E-state index in [0.29, 0.717) is 30.5 Å². The minimum Gasteiger partial charge on any atom is -0.316 e. The zero-order valence-electron chi connectivity index (χ0n) is 12.4. The summed E-state index contributed by atoms with van der Waals surface area (Å²) in [7, 11) is -1.74. The topological polar surface area (TPSA) is 86.9 Å². The van der Waals surface area contributed by atoms with Gasteiger partial charge in [0.15, 0.2) is 5.03 Å². The average Bonchev–Trinajstić information content (AvgIpc) is 2.96. The monoisotopic (exact) mass is 300 g/mol. The van der Waals surface area contributed by atoms with Crippen molar-refractivity contribution in [2.45, 2.75) is 44.7 Å². The molecule has 1 fully saturated rings. The van der Waals surface area contributed by atoms with E-state index < -0.39 is 10.0 Å². The molecule has 3 N–H and O–H groups in total. The molecule has 1 aliphatic carbocycles. The van der Waals surface area contributed by atoms with Gasteiger partial charge in [-0.25, -0.2) is 13.1 Å². The van der Waals surface area contributed by atoms with E-state index >= 15 is 0 Å². The van der Waals surface area contributed by atoms with Gasteiger partial charge in [0.05, 0.1) is 0 Å². The fraction of sp³-hybridized carbons (Fsp3) is 0.769. The minimum absolute atomic E-state index is 0.121. The molecule has 1 saturated carbocycles. The van der Waals surface area contributed by atoms with Crippen LogP contribution in [0.5, 0.6) is 0 Å². The third-order valence-corrected chi connectivity index (χ3v) is 5.40. The Hall–Kier alpha value is -0.920. The number of H-pyrrole nitrogens is 1. The smallest absolute Gasteiger partial charge is 0.260 e. The van der Waals surface area contributed by atoms with Gasteiger partial charge in [-0.15, -0.1) is 0 Å². The maximum absolute atomic E-state index is 12.4. The van der Waals surface area contributed by atoms with Crippen molar-refractivity contribution in [3.63, 3.8) is 0 Å². The Morgan fingerprint density at radius 3 is 2.75 bits per heavy atom. The van der Waals surface area contributed by atoms with Crippen LogP contribution < -0.4 is 10.0 Å². The van der Waals surface area contributed by atoms with Crippen LogP contribution in [-0.4, -0.2) is 32.2 Å². The molecule has 7 heteroatoms. The molecular weight excluding hydrogens is 276 g/mol. The fourth-order valence-corrected chi connectivity index (χ4v) is 4.15. The van der Waals surface area contributed by atoms with Gasteiger partial charge in [0.1, 0.15) is 0 Å². The van der Waals surface area contributed by atoms with Crippen molar-refractivity contribution in [2.75, 3.05) is 13.6 Å². The molecule has 20 heavy (non-hydrogen) atoms. The van der Waals surface area contributed by atoms with Gasteiger partial charge in [0.25, 0.3) is 10.0 Å². The lowest BCUT2D eigenvalue weighted by Crippen LogP contribution is -2.30. The third-order valence-electron chi connectivity index (χ3n) is 4.01. The molecule has 1 aromatic rings. The summed E-state index contributed by atoms with van der Waals surface area (Å²) >= 11 is 0. The van der Waals surface area contributed by atoms with Crippen LogP contribution in [0, 0.1) is 18.8 Å². The van der Waals surface area contributed by atoms with Crippen LogP contribution in [0.2, 0.25) is 0 Å². The van der Waals surface area contributed by atoms with Crippen molar-refractivity contribution >= 4 is 10.0 Å². The van der Waals surface area contributed by atoms with E-state index in [0.717, 1.165) is 18.5 Å². The molecule has 0 saturated heterocycles. The second-order valence-corrected chi connectivity index (χ2v) is 7.48. The molecule has 1 heterocycles. The maximum atomic E-state index is 12.4. The highest BCUT2D eigenvalue weighted by Crippen LogP contribution is 2.30. The Morgan fingerprint density at radius 1 is 1.40 bits per heavy atom. The first-order valence-corrected chi connectivity index (χ1v) is 8.60. The van der Waals surface area contributed by atoms with Crippen LogP contribution in [0.1, 0.15) is 37.4 Å². The summed E-state index contributed by atoms with van der Waals surface area (Å²) in [6.07, 6.45) is 3.40. The Bertz CT molecular complexity index is 553. The van der Waals surface area contributed by atoms with Gasteiger partial charge in [0.2, 0.25) is 0 Å². The van der Waals surface area contributed by atoms with Crippen molar-refractivity contribution < 1.29 is 8.42 Å². The summed E-state index contributed by atoms with van der Waals surface area (Å²) in [6.45, 7) is 5.05. The molecule has 0 radical (unpaired) electrons. The Kier molecular flexibility index (Phi) is 4.82. The summed E-state index contributed by atoms with van der Waals surface area (Å²) in [5.74, 6) is 1.16. The molecule has 0 spiro atoms. The van der Waals surface area contributed by atoms with Crippen molar-refractivity contribution in [1.29, 1.82) is 0 Å². The van der Waals surface area contributed by atoms with Crippen LogP contribution >= 0.6 is 0 Å². The Morgan fingerprint density at radius 2 is 2.15 bits per heavy atom. The molecule has 1 aliphatic rings. The van der Waals surface area contributed by atoms with Crippen LogP contribution in [0.15, 0.2) is 5.03 Å². The molecule has 6 nitrogen and oxygen atoms in total. The number of aryl methyl sites for hydroxylation is 1. The Labute approximate surface area is 120 Å². The van der Waals surface area contributed by atoms with E-state index in [1.54, 1.807) is 7.05 Å². The van der Waals surface area contributed by atoms with Gasteiger partial charge in [-0.1, -0.05) is 13.3 Å². The number of hydrogen-bond donors (Lipinski definition) is 3. The number of rotatable bonds is 6. The predicted molar refractivity (Wildman–Crippen MR) is 77.8 cm³/mol. The minimum atomic E-state index is -3.53. The van der Waals surface area contributed by atoms with E-state index in [4.69, 9.17) is 0 Å². The first kappa shape index (κ1) is 15.5. The summed E-state index contributed by atoms with van der Waals surface area (Å²) in [5, 5.41) is 9.80. The molecule has 0 aliphatic heterocycles. The number of aromatic amines is 1. The molecule has 0 amide bonds. The summed E-state index contributed by atoms with van der Waals surface area (Å²) in [5.41, 5.74) is 1.49. The first-order chi connectivity index (χ1) is 9.44. The third kappa shape index (κ3) is 3.39. The van der Waals surface area contributed by atoms with Gasteiger partial charge in [-0.2, -0.15) is 5.10 Å². The molecule has 114 valence electrons. The van der Waals surface area contributed by atoms with Gasteiger partial charge in [-0.05, 0) is 38.6 Å². The number of hydrogen-bond acceptors (Lipinski definition) is 4. The van der Waals surface area contributed by atoms with Crippen LogP contribution in [0.25, 0.3) is 0 Å². The standard InChI is InChI=1S/C13H24N4O2S/c1-9-4-5-11(6-9)7-15-20(18,19)13-12(8-14-3)10(2)16-17-13/h9,11,14-15H,4-8H2,1-3H3,(H,16,17). The lowest BCUT2D eigenvalue weighted by atomic mass is 10.1. The number of nitrogens with one attached hydrogen (secondary N) is 3. The fourth-order valence-electron chi connectivity index (χ4n) is 2.84. The van der Waals surface area contributed by atoms with Gasteiger partial charge < -0.3 is 5.32 Å². The van der Waals surface area contributed by atoms with Crippen molar-refractivity contribution in [3.8, 4) is 0 Å². The van der Waals surface area contributed by atoms with E-state index in [9.17, 15) is 8.42 Å². The molecule has 2 rings (SSSR count). The van der Waals surface area contributed by atoms with Crippen LogP contribution in [0.4, 0.5) is 0 Å². The predicted octanol–water partition coefficient (Wildman–Crippen LogP) is 1.15. The Balaban J connectivity index is 2.06. The van der Waals surface area contributed by atoms with Gasteiger partial charge in [-0.3, -0.25) is 5.10 Å². The summed E-state index contributed by atoms with van der Waals surface area (Å²) in [4.78, 5) is 0. The van der Waals surface area contributed by atoms with E-state index in [-0.39, 0.29) is 5.03 Å². The second kappa shape index (κ2) is 6.24. The lowest BCUT2D eigenvalue weighted by Gasteiger charge is -2.11. The van der Waals surface area contributed by atoms with Crippen molar-refractivity contribution in [3.05, 3.63) is 11.3 Å². The van der Waals surface area contributed by atoms with Crippen LogP contribution in [-0.2, 0) is 16.6 Å². The highest BCUT2D eigenvalue weighted by atomic mass is 32.2. The number of sulfonamides is 1. The van der Waals surface area contributed by atoms with Crippen LogP contribution in [0.3, 0.4) is 0 Å². The van der Waals surface area contributed by atoms with E-state index in [2.05, 4.69) is 27.2 Å². The molecule has 2 atom stereocenters. The molecular formula is C13H24N4O2S. The van der Waals surface area contributed by atoms with Gasteiger partial charge in [0, 0.05) is 24.3 Å². The SMILES string of the molecule is CNCc1c(S(=O)(=O)NCC2CCC(C)C2)n[nH]c1C. The zero-order chi connectivity index (χ0) is 14.8. The average molecular weight is 300 g/mol. The highest BCUT2D eigenvalue weighted by molar-refractivity contribution is 7.89. The number of nitrogens with zero attached hydrogens (tertiary/aromatic N) is 1. The van der Waals surface area contributed by atoms with Crippen molar-refractivity contribution in [2.24, 2.45) is 11.8 Å². The van der Waals surface area contributed by atoms with E-state index in [1.165, 1.54) is 6.42 Å². The lowest BCUT2D eigenvalue weighted by molar-refractivity contribution is 0.497. The normalized spacial score (nSPS) is 23.4. The van der Waals surface area contributed by atoms with Gasteiger partial charge >= 0.3 is 0 Å². The molecule has 0 aromatic carbocycles. The quantitative estimate of drug-likeness (QED) is 0.735. The largest absolute Gasteiger partial charge is 0.316 e. The molecule has 0 bridgehead atoms. The molecule has 1 aromatic heterocycles. The van der Waals surface area contributed by atoms with E-state index in [1.807, 2.05) is 6.92 Å². The number of aromatic nitrogens is 2. The highest BCUT2D eigenvalue weighted by Gasteiger charge is 2.26.